The number of carboxylic acid groups (broad SMARTS) is 1. The first kappa shape index (κ1) is 13.7. The molecule has 104 valence electrons. The monoisotopic (exact) mass is 262 g/mol. The Kier molecular flexibility index (Phi) is 4.30. The summed E-state index contributed by atoms with van der Waals surface area (Å²) in [6.45, 7) is 3.15. The molecule has 0 aliphatic carbocycles. The summed E-state index contributed by atoms with van der Waals surface area (Å²) in [5.74, 6) is -0.898. The van der Waals surface area contributed by atoms with Gasteiger partial charge in [-0.05, 0) is 43.9 Å². The summed E-state index contributed by atoms with van der Waals surface area (Å²) in [6, 6.07) is 5.48. The van der Waals surface area contributed by atoms with Gasteiger partial charge in [0.25, 0.3) is 0 Å². The van der Waals surface area contributed by atoms with Crippen LogP contribution < -0.4 is 10.6 Å². The van der Waals surface area contributed by atoms with E-state index in [0.29, 0.717) is 17.3 Å². The molecule has 2 rings (SSSR count). The van der Waals surface area contributed by atoms with Crippen LogP contribution in [0, 0.1) is 0 Å². The van der Waals surface area contributed by atoms with Crippen LogP contribution in [0.1, 0.15) is 49.4 Å². The molecule has 1 fully saturated rings. The van der Waals surface area contributed by atoms with Crippen molar-refractivity contribution in [3.05, 3.63) is 23.8 Å². The summed E-state index contributed by atoms with van der Waals surface area (Å²) < 4.78 is 0. The fraction of sp³-hybridized carbons (Fsp3) is 0.533. The van der Waals surface area contributed by atoms with Gasteiger partial charge in [-0.25, -0.2) is 4.79 Å². The minimum absolute atomic E-state index is 0.310. The Balaban J connectivity index is 2.32. The zero-order valence-electron chi connectivity index (χ0n) is 11.4. The van der Waals surface area contributed by atoms with Gasteiger partial charge in [-0.3, -0.25) is 0 Å². The van der Waals surface area contributed by atoms with Gasteiger partial charge in [0.05, 0.1) is 16.9 Å². The van der Waals surface area contributed by atoms with Gasteiger partial charge in [-0.15, -0.1) is 0 Å². The Morgan fingerprint density at radius 2 is 2.26 bits per heavy atom. The second-order valence-corrected chi connectivity index (χ2v) is 5.21. The molecule has 1 aliphatic heterocycles. The molecule has 1 saturated heterocycles. The highest BCUT2D eigenvalue weighted by Crippen LogP contribution is 2.32. The van der Waals surface area contributed by atoms with Crippen LogP contribution in [0.2, 0.25) is 0 Å². The molecule has 0 radical (unpaired) electrons. The molecule has 3 N–H and O–H groups in total. The Hall–Kier alpha value is -1.71. The zero-order chi connectivity index (χ0) is 13.8. The summed E-state index contributed by atoms with van der Waals surface area (Å²) in [5.41, 5.74) is 7.92. The van der Waals surface area contributed by atoms with E-state index in [9.17, 15) is 4.79 Å². The average molecular weight is 262 g/mol. The molecule has 0 saturated carbocycles. The third-order valence-corrected chi connectivity index (χ3v) is 3.84. The fourth-order valence-electron chi connectivity index (χ4n) is 2.88. The highest BCUT2D eigenvalue weighted by atomic mass is 16.4. The van der Waals surface area contributed by atoms with Gasteiger partial charge in [0, 0.05) is 12.6 Å². The lowest BCUT2D eigenvalue weighted by Crippen LogP contribution is -2.40. The van der Waals surface area contributed by atoms with E-state index in [1.54, 1.807) is 18.2 Å². The van der Waals surface area contributed by atoms with Crippen LogP contribution in [0.15, 0.2) is 18.2 Å². The van der Waals surface area contributed by atoms with Crippen LogP contribution >= 0.6 is 0 Å². The van der Waals surface area contributed by atoms with Crippen molar-refractivity contribution in [2.24, 2.45) is 0 Å². The molecule has 1 aromatic rings. The van der Waals surface area contributed by atoms with Gasteiger partial charge < -0.3 is 15.7 Å². The quantitative estimate of drug-likeness (QED) is 0.818. The van der Waals surface area contributed by atoms with Crippen molar-refractivity contribution in [1.29, 1.82) is 0 Å². The SMILES string of the molecule is CCCC1CCCCN1c1cc(C(=O)O)ccc1N. The highest BCUT2D eigenvalue weighted by molar-refractivity contribution is 5.90. The number of nitrogens with two attached hydrogens (primary N) is 1. The smallest absolute Gasteiger partial charge is 0.335 e. The van der Waals surface area contributed by atoms with Gasteiger partial charge >= 0.3 is 5.97 Å². The molecule has 0 aromatic heterocycles. The highest BCUT2D eigenvalue weighted by Gasteiger charge is 2.24. The summed E-state index contributed by atoms with van der Waals surface area (Å²) in [4.78, 5) is 13.4. The Labute approximate surface area is 114 Å². The predicted molar refractivity (Wildman–Crippen MR) is 77.7 cm³/mol. The number of anilines is 2. The van der Waals surface area contributed by atoms with E-state index < -0.39 is 5.97 Å². The minimum atomic E-state index is -0.898. The number of hydrogen-bond acceptors (Lipinski definition) is 3. The summed E-state index contributed by atoms with van der Waals surface area (Å²) >= 11 is 0. The third kappa shape index (κ3) is 3.00. The molecule has 0 spiro atoms. The van der Waals surface area contributed by atoms with Crippen LogP contribution in [0.3, 0.4) is 0 Å². The molecule has 1 heterocycles. The Morgan fingerprint density at radius 3 is 2.95 bits per heavy atom. The lowest BCUT2D eigenvalue weighted by molar-refractivity contribution is 0.0697. The van der Waals surface area contributed by atoms with Crippen molar-refractivity contribution < 1.29 is 9.90 Å². The van der Waals surface area contributed by atoms with Crippen molar-refractivity contribution in [3.8, 4) is 0 Å². The van der Waals surface area contributed by atoms with Gasteiger partial charge in [0.1, 0.15) is 0 Å². The first-order valence-corrected chi connectivity index (χ1v) is 7.03. The molecule has 4 heteroatoms. The van der Waals surface area contributed by atoms with Gasteiger partial charge in [-0.2, -0.15) is 0 Å². The second-order valence-electron chi connectivity index (χ2n) is 5.21. The molecule has 0 amide bonds. The van der Waals surface area contributed by atoms with Gasteiger partial charge in [0.2, 0.25) is 0 Å². The summed E-state index contributed by atoms with van der Waals surface area (Å²) in [6.07, 6.45) is 5.84. The summed E-state index contributed by atoms with van der Waals surface area (Å²) in [5, 5.41) is 9.11. The largest absolute Gasteiger partial charge is 0.478 e. The zero-order valence-corrected chi connectivity index (χ0v) is 11.4. The number of carbonyl (C=O) groups is 1. The number of aromatic carboxylic acids is 1. The molecule has 1 unspecified atom stereocenters. The first-order valence-electron chi connectivity index (χ1n) is 7.03. The van der Waals surface area contributed by atoms with Crippen LogP contribution in [-0.2, 0) is 0 Å². The van der Waals surface area contributed by atoms with Crippen molar-refractivity contribution in [1.82, 2.24) is 0 Å². The third-order valence-electron chi connectivity index (χ3n) is 3.84. The summed E-state index contributed by atoms with van der Waals surface area (Å²) in [7, 11) is 0. The van der Waals surface area contributed by atoms with E-state index in [1.165, 1.54) is 12.8 Å². The van der Waals surface area contributed by atoms with E-state index in [2.05, 4.69) is 11.8 Å². The van der Waals surface area contributed by atoms with E-state index in [1.807, 2.05) is 0 Å². The van der Waals surface area contributed by atoms with Crippen molar-refractivity contribution >= 4 is 17.3 Å². The maximum Gasteiger partial charge on any atom is 0.335 e. The van der Waals surface area contributed by atoms with Crippen LogP contribution in [-0.4, -0.2) is 23.7 Å². The number of hydrogen-bond donors (Lipinski definition) is 2. The van der Waals surface area contributed by atoms with Crippen LogP contribution in [0.25, 0.3) is 0 Å². The predicted octanol–water partition coefficient (Wildman–Crippen LogP) is 3.13. The fourth-order valence-corrected chi connectivity index (χ4v) is 2.88. The van der Waals surface area contributed by atoms with Crippen LogP contribution in [0.4, 0.5) is 11.4 Å². The molecule has 19 heavy (non-hydrogen) atoms. The second kappa shape index (κ2) is 5.95. The molecule has 1 aliphatic rings. The maximum absolute atomic E-state index is 11.1. The van der Waals surface area contributed by atoms with Crippen molar-refractivity contribution in [2.75, 3.05) is 17.2 Å². The van der Waals surface area contributed by atoms with Gasteiger partial charge in [0.15, 0.2) is 0 Å². The van der Waals surface area contributed by atoms with Crippen molar-refractivity contribution in [2.45, 2.75) is 45.1 Å². The molecule has 4 nitrogen and oxygen atoms in total. The normalized spacial score (nSPS) is 19.4. The maximum atomic E-state index is 11.1. The molecular formula is C15H22N2O2. The number of benzene rings is 1. The standard InChI is InChI=1S/C15H22N2O2/c1-2-5-12-6-3-4-9-17(12)14-10-11(15(18)19)7-8-13(14)16/h7-8,10,12H,2-6,9,16H2,1H3,(H,18,19). The minimum Gasteiger partial charge on any atom is -0.478 e. The van der Waals surface area contributed by atoms with E-state index in [-0.39, 0.29) is 0 Å². The number of carboxylic acids is 1. The van der Waals surface area contributed by atoms with E-state index in [4.69, 9.17) is 10.8 Å². The van der Waals surface area contributed by atoms with Crippen molar-refractivity contribution in [3.63, 3.8) is 0 Å². The lowest BCUT2D eigenvalue weighted by atomic mass is 9.96. The lowest BCUT2D eigenvalue weighted by Gasteiger charge is -2.38. The average Bonchev–Trinajstić information content (AvgIpc) is 2.40. The topological polar surface area (TPSA) is 66.6 Å². The van der Waals surface area contributed by atoms with Gasteiger partial charge in [-0.1, -0.05) is 13.3 Å². The Morgan fingerprint density at radius 1 is 1.47 bits per heavy atom. The molecule has 0 bridgehead atoms. The Bertz CT molecular complexity index is 457. The molecule has 1 aromatic carbocycles. The van der Waals surface area contributed by atoms with E-state index in [0.717, 1.165) is 31.5 Å². The molecular weight excluding hydrogens is 240 g/mol. The van der Waals surface area contributed by atoms with Crippen LogP contribution in [0.5, 0.6) is 0 Å². The number of nitrogens with zero attached hydrogens (tertiary/aromatic N) is 1. The number of rotatable bonds is 4. The number of piperidine rings is 1. The molecule has 1 atom stereocenters. The number of nitrogen functional groups attached to an aromatic ring is 1. The first-order chi connectivity index (χ1) is 9.13. The van der Waals surface area contributed by atoms with E-state index >= 15 is 0 Å².